The molecule has 0 radical (unpaired) electrons. The number of anilines is 1. The molecule has 2 aromatic carbocycles. The van der Waals surface area contributed by atoms with Crippen LogP contribution >= 0.6 is 15.9 Å². The van der Waals surface area contributed by atoms with E-state index in [4.69, 9.17) is 0 Å². The Balaban J connectivity index is 1.82. The molecular formula is C18H18BrNO3S. The van der Waals surface area contributed by atoms with Gasteiger partial charge in [0.25, 0.3) is 5.91 Å². The van der Waals surface area contributed by atoms with Gasteiger partial charge in [-0.15, -0.1) is 0 Å². The molecule has 4 nitrogen and oxygen atoms in total. The SMILES string of the molecule is O=C(Nc1cccc(S(=O)(=O)C2CCCC2)c1)c1cccc(Br)c1. The van der Waals surface area contributed by atoms with Crippen LogP contribution in [0.2, 0.25) is 0 Å². The number of benzene rings is 2. The van der Waals surface area contributed by atoms with Gasteiger partial charge in [-0.2, -0.15) is 0 Å². The van der Waals surface area contributed by atoms with Crippen molar-refractivity contribution < 1.29 is 13.2 Å². The minimum absolute atomic E-state index is 0.272. The van der Waals surface area contributed by atoms with Gasteiger partial charge in [-0.1, -0.05) is 40.9 Å². The van der Waals surface area contributed by atoms with Crippen molar-refractivity contribution >= 4 is 37.4 Å². The first-order valence-corrected chi connectivity index (χ1v) is 10.2. The van der Waals surface area contributed by atoms with Crippen LogP contribution in [0.1, 0.15) is 36.0 Å². The highest BCUT2D eigenvalue weighted by molar-refractivity contribution is 9.10. The highest BCUT2D eigenvalue weighted by Crippen LogP contribution is 2.30. The monoisotopic (exact) mass is 407 g/mol. The highest BCUT2D eigenvalue weighted by atomic mass is 79.9. The summed E-state index contributed by atoms with van der Waals surface area (Å²) in [4.78, 5) is 12.6. The molecule has 0 bridgehead atoms. The summed E-state index contributed by atoms with van der Waals surface area (Å²) in [5.74, 6) is -0.272. The van der Waals surface area contributed by atoms with Crippen molar-refractivity contribution in [3.8, 4) is 0 Å². The van der Waals surface area contributed by atoms with Crippen LogP contribution in [-0.2, 0) is 9.84 Å². The topological polar surface area (TPSA) is 63.2 Å². The van der Waals surface area contributed by atoms with Crippen LogP contribution in [-0.4, -0.2) is 19.6 Å². The number of sulfone groups is 1. The van der Waals surface area contributed by atoms with Gasteiger partial charge in [-0.25, -0.2) is 8.42 Å². The number of carbonyl (C=O) groups is 1. The third kappa shape index (κ3) is 3.70. The Labute approximate surface area is 150 Å². The van der Waals surface area contributed by atoms with Gasteiger partial charge in [0.1, 0.15) is 0 Å². The number of carbonyl (C=O) groups excluding carboxylic acids is 1. The van der Waals surface area contributed by atoms with Crippen molar-refractivity contribution in [1.82, 2.24) is 0 Å². The smallest absolute Gasteiger partial charge is 0.255 e. The first-order valence-electron chi connectivity index (χ1n) is 7.88. The standard InChI is InChI=1S/C18H18BrNO3S/c19-14-6-3-5-13(11-14)18(21)20-15-7-4-10-17(12-15)24(22,23)16-8-1-2-9-16/h3-7,10-12,16H,1-2,8-9H2,(H,20,21). The van der Waals surface area contributed by atoms with Gasteiger partial charge in [0.05, 0.1) is 10.1 Å². The molecule has 126 valence electrons. The van der Waals surface area contributed by atoms with Gasteiger partial charge in [0.15, 0.2) is 9.84 Å². The molecule has 3 rings (SSSR count). The van der Waals surface area contributed by atoms with Crippen LogP contribution in [0.3, 0.4) is 0 Å². The summed E-state index contributed by atoms with van der Waals surface area (Å²) >= 11 is 3.33. The number of rotatable bonds is 4. The largest absolute Gasteiger partial charge is 0.322 e. The predicted molar refractivity (Wildman–Crippen MR) is 98.0 cm³/mol. The number of amides is 1. The third-order valence-corrected chi connectivity index (χ3v) is 7.00. The molecule has 1 amide bonds. The fraction of sp³-hybridized carbons (Fsp3) is 0.278. The molecule has 0 atom stereocenters. The minimum Gasteiger partial charge on any atom is -0.322 e. The first kappa shape index (κ1) is 17.2. The fourth-order valence-corrected chi connectivity index (χ4v) is 5.27. The molecule has 0 aromatic heterocycles. The summed E-state index contributed by atoms with van der Waals surface area (Å²) in [5, 5.41) is 2.47. The Morgan fingerprint density at radius 1 is 1.04 bits per heavy atom. The third-order valence-electron chi connectivity index (χ3n) is 4.25. The van der Waals surface area contributed by atoms with Crippen LogP contribution in [0.25, 0.3) is 0 Å². The Kier molecular flexibility index (Phi) is 5.06. The second-order valence-corrected chi connectivity index (χ2v) is 9.09. The van der Waals surface area contributed by atoms with Crippen molar-refractivity contribution in [1.29, 1.82) is 0 Å². The van der Waals surface area contributed by atoms with Gasteiger partial charge < -0.3 is 5.32 Å². The Hall–Kier alpha value is -1.66. The van der Waals surface area contributed by atoms with E-state index in [2.05, 4.69) is 21.2 Å². The lowest BCUT2D eigenvalue weighted by Gasteiger charge is -2.12. The normalized spacial score (nSPS) is 15.4. The molecule has 24 heavy (non-hydrogen) atoms. The summed E-state index contributed by atoms with van der Waals surface area (Å²) in [5.41, 5.74) is 0.993. The summed E-state index contributed by atoms with van der Waals surface area (Å²) in [6, 6.07) is 13.5. The molecule has 1 fully saturated rings. The average molecular weight is 408 g/mol. The minimum atomic E-state index is -3.33. The molecule has 0 heterocycles. The maximum atomic E-state index is 12.7. The van der Waals surface area contributed by atoms with Crippen LogP contribution in [0.4, 0.5) is 5.69 Å². The molecule has 1 aliphatic rings. The highest BCUT2D eigenvalue weighted by Gasteiger charge is 2.30. The number of halogens is 1. The summed E-state index contributed by atoms with van der Waals surface area (Å²) in [7, 11) is -3.33. The summed E-state index contributed by atoms with van der Waals surface area (Å²) in [6.07, 6.45) is 3.36. The molecule has 1 saturated carbocycles. The van der Waals surface area contributed by atoms with E-state index >= 15 is 0 Å². The fourth-order valence-electron chi connectivity index (χ4n) is 2.97. The second kappa shape index (κ2) is 7.07. The van der Waals surface area contributed by atoms with Crippen molar-refractivity contribution in [2.24, 2.45) is 0 Å². The number of nitrogens with one attached hydrogen (secondary N) is 1. The molecule has 6 heteroatoms. The second-order valence-electron chi connectivity index (χ2n) is 5.94. The van der Waals surface area contributed by atoms with Crippen molar-refractivity contribution in [3.63, 3.8) is 0 Å². The zero-order valence-electron chi connectivity index (χ0n) is 13.0. The molecular weight excluding hydrogens is 390 g/mol. The zero-order valence-corrected chi connectivity index (χ0v) is 15.4. The predicted octanol–water partition coefficient (Wildman–Crippen LogP) is 4.42. The Bertz CT molecular complexity index is 858. The molecule has 2 aromatic rings. The van der Waals surface area contributed by atoms with E-state index in [9.17, 15) is 13.2 Å². The van der Waals surface area contributed by atoms with Crippen LogP contribution in [0.15, 0.2) is 57.9 Å². The zero-order chi connectivity index (χ0) is 17.2. The van der Waals surface area contributed by atoms with E-state index in [0.717, 1.165) is 30.2 Å². The lowest BCUT2D eigenvalue weighted by molar-refractivity contribution is 0.102. The van der Waals surface area contributed by atoms with E-state index in [1.807, 2.05) is 6.07 Å². The molecule has 1 aliphatic carbocycles. The maximum Gasteiger partial charge on any atom is 0.255 e. The Morgan fingerprint density at radius 3 is 2.46 bits per heavy atom. The van der Waals surface area contributed by atoms with Gasteiger partial charge in [-0.3, -0.25) is 4.79 Å². The molecule has 0 aliphatic heterocycles. The Morgan fingerprint density at radius 2 is 1.75 bits per heavy atom. The van der Waals surface area contributed by atoms with E-state index in [1.165, 1.54) is 0 Å². The van der Waals surface area contributed by atoms with Crippen LogP contribution in [0, 0.1) is 0 Å². The maximum absolute atomic E-state index is 12.7. The molecule has 0 saturated heterocycles. The van der Waals surface area contributed by atoms with Crippen molar-refractivity contribution in [3.05, 3.63) is 58.6 Å². The number of hydrogen-bond acceptors (Lipinski definition) is 3. The summed E-state index contributed by atoms with van der Waals surface area (Å²) in [6.45, 7) is 0. The van der Waals surface area contributed by atoms with E-state index < -0.39 is 9.84 Å². The van der Waals surface area contributed by atoms with Crippen molar-refractivity contribution in [2.45, 2.75) is 35.8 Å². The molecule has 1 N–H and O–H groups in total. The van der Waals surface area contributed by atoms with Crippen LogP contribution < -0.4 is 5.32 Å². The summed E-state index contributed by atoms with van der Waals surface area (Å²) < 4.78 is 26.1. The lowest BCUT2D eigenvalue weighted by Crippen LogP contribution is -2.18. The molecule has 0 spiro atoms. The van der Waals surface area contributed by atoms with Gasteiger partial charge in [0.2, 0.25) is 0 Å². The molecule has 0 unspecified atom stereocenters. The van der Waals surface area contributed by atoms with E-state index in [0.29, 0.717) is 11.3 Å². The lowest BCUT2D eigenvalue weighted by atomic mass is 10.2. The van der Waals surface area contributed by atoms with Gasteiger partial charge in [-0.05, 0) is 49.2 Å². The van der Waals surface area contributed by atoms with Crippen molar-refractivity contribution in [2.75, 3.05) is 5.32 Å². The van der Waals surface area contributed by atoms with Crippen LogP contribution in [0.5, 0.6) is 0 Å². The quantitative estimate of drug-likeness (QED) is 0.815. The number of hydrogen-bond donors (Lipinski definition) is 1. The van der Waals surface area contributed by atoms with Gasteiger partial charge in [0, 0.05) is 15.7 Å². The van der Waals surface area contributed by atoms with E-state index in [1.54, 1.807) is 42.5 Å². The first-order chi connectivity index (χ1) is 11.5. The average Bonchev–Trinajstić information content (AvgIpc) is 3.10. The van der Waals surface area contributed by atoms with E-state index in [-0.39, 0.29) is 16.1 Å². The van der Waals surface area contributed by atoms with Gasteiger partial charge >= 0.3 is 0 Å².